The third kappa shape index (κ3) is 2.98. The van der Waals surface area contributed by atoms with Crippen LogP contribution in [0, 0.1) is 0 Å². The molecule has 4 rings (SSSR count). The number of ether oxygens (including phenoxy) is 1. The Labute approximate surface area is 150 Å². The fourth-order valence-electron chi connectivity index (χ4n) is 3.48. The number of nitrogens with one attached hydrogen (secondary N) is 1. The second-order valence-corrected chi connectivity index (χ2v) is 6.46. The zero-order valence-corrected chi connectivity index (χ0v) is 14.8. The number of hydrogen-bond acceptors (Lipinski definition) is 5. The summed E-state index contributed by atoms with van der Waals surface area (Å²) in [4.78, 5) is 12.2. The first-order valence-corrected chi connectivity index (χ1v) is 8.68. The van der Waals surface area contributed by atoms with E-state index in [1.165, 1.54) is 24.3 Å². The normalized spacial score (nSPS) is 14.3. The Morgan fingerprint density at radius 3 is 2.92 bits per heavy atom. The van der Waals surface area contributed by atoms with Crippen molar-refractivity contribution in [3.05, 3.63) is 47.4 Å². The standard InChI is InChI=1S/C20H20N2O4/c1-12(9-20(23)21-19-7-8-25-22-19)14-10-15-13-5-3-4-6-16(13)26-18(15)11-17(14)24-2/h7-11H,3-6H2,1-2H3,(H,21,22,23)/b12-9+. The second-order valence-electron chi connectivity index (χ2n) is 6.46. The Morgan fingerprint density at radius 2 is 2.15 bits per heavy atom. The lowest BCUT2D eigenvalue weighted by molar-refractivity contribution is -0.111. The summed E-state index contributed by atoms with van der Waals surface area (Å²) in [5.74, 6) is 1.88. The quantitative estimate of drug-likeness (QED) is 0.706. The van der Waals surface area contributed by atoms with Crippen molar-refractivity contribution < 1.29 is 18.5 Å². The van der Waals surface area contributed by atoms with Gasteiger partial charge in [-0.2, -0.15) is 0 Å². The van der Waals surface area contributed by atoms with Gasteiger partial charge in [0.15, 0.2) is 5.82 Å². The van der Waals surface area contributed by atoms with Crippen LogP contribution >= 0.6 is 0 Å². The molecule has 2 aromatic heterocycles. The van der Waals surface area contributed by atoms with E-state index in [4.69, 9.17) is 13.7 Å². The maximum atomic E-state index is 12.2. The number of rotatable bonds is 4. The summed E-state index contributed by atoms with van der Waals surface area (Å²) in [6.07, 6.45) is 7.30. The van der Waals surface area contributed by atoms with Crippen molar-refractivity contribution >= 4 is 28.3 Å². The van der Waals surface area contributed by atoms with Crippen LogP contribution in [0.1, 0.15) is 36.7 Å². The summed E-state index contributed by atoms with van der Waals surface area (Å²) < 4.78 is 16.3. The third-order valence-electron chi connectivity index (χ3n) is 4.74. The van der Waals surface area contributed by atoms with Crippen molar-refractivity contribution in [1.29, 1.82) is 0 Å². The van der Waals surface area contributed by atoms with Gasteiger partial charge in [0.25, 0.3) is 0 Å². The highest BCUT2D eigenvalue weighted by Gasteiger charge is 2.20. The lowest BCUT2D eigenvalue weighted by atomic mass is 9.94. The van der Waals surface area contributed by atoms with E-state index < -0.39 is 0 Å². The molecule has 0 atom stereocenters. The van der Waals surface area contributed by atoms with E-state index in [1.54, 1.807) is 13.2 Å². The van der Waals surface area contributed by atoms with Gasteiger partial charge in [0.05, 0.1) is 7.11 Å². The van der Waals surface area contributed by atoms with E-state index in [0.717, 1.165) is 47.1 Å². The first-order chi connectivity index (χ1) is 12.7. The number of aryl methyl sites for hydroxylation is 2. The number of amides is 1. The largest absolute Gasteiger partial charge is 0.496 e. The summed E-state index contributed by atoms with van der Waals surface area (Å²) in [6.45, 7) is 1.89. The van der Waals surface area contributed by atoms with Crippen molar-refractivity contribution in [2.45, 2.75) is 32.6 Å². The van der Waals surface area contributed by atoms with E-state index in [1.807, 2.05) is 13.0 Å². The number of hydrogen-bond donors (Lipinski definition) is 1. The molecule has 1 amide bonds. The summed E-state index contributed by atoms with van der Waals surface area (Å²) in [5, 5.41) is 7.45. The summed E-state index contributed by atoms with van der Waals surface area (Å²) in [6, 6.07) is 5.57. The molecule has 6 nitrogen and oxygen atoms in total. The van der Waals surface area contributed by atoms with E-state index in [-0.39, 0.29) is 5.91 Å². The maximum Gasteiger partial charge on any atom is 0.249 e. The number of benzene rings is 1. The zero-order chi connectivity index (χ0) is 18.1. The fourth-order valence-corrected chi connectivity index (χ4v) is 3.48. The third-order valence-corrected chi connectivity index (χ3v) is 4.74. The molecule has 0 spiro atoms. The Bertz CT molecular complexity index is 983. The van der Waals surface area contributed by atoms with Crippen LogP contribution in [0.2, 0.25) is 0 Å². The van der Waals surface area contributed by atoms with Gasteiger partial charge in [0.1, 0.15) is 23.4 Å². The van der Waals surface area contributed by atoms with Gasteiger partial charge >= 0.3 is 0 Å². The predicted molar refractivity (Wildman–Crippen MR) is 98.2 cm³/mol. The lowest BCUT2D eigenvalue weighted by Crippen LogP contribution is -2.08. The Balaban J connectivity index is 1.71. The average molecular weight is 352 g/mol. The molecule has 0 bridgehead atoms. The highest BCUT2D eigenvalue weighted by atomic mass is 16.5. The molecule has 6 heteroatoms. The predicted octanol–water partition coefficient (Wildman–Crippen LogP) is 4.35. The van der Waals surface area contributed by atoms with E-state index >= 15 is 0 Å². The van der Waals surface area contributed by atoms with Gasteiger partial charge in [-0.05, 0) is 37.8 Å². The summed E-state index contributed by atoms with van der Waals surface area (Å²) >= 11 is 0. The number of furan rings is 1. The minimum absolute atomic E-state index is 0.271. The molecule has 0 radical (unpaired) electrons. The summed E-state index contributed by atoms with van der Waals surface area (Å²) in [5.41, 5.74) is 3.81. The Kier molecular flexibility index (Phi) is 4.24. The molecule has 1 aliphatic carbocycles. The van der Waals surface area contributed by atoms with Crippen LogP contribution in [0.3, 0.4) is 0 Å². The second kappa shape index (κ2) is 6.71. The van der Waals surface area contributed by atoms with Crippen LogP contribution in [0.15, 0.2) is 39.5 Å². The SMILES string of the molecule is COc1cc2oc3c(c2cc1/C(C)=C/C(=O)Nc1ccon1)CCCC3. The van der Waals surface area contributed by atoms with Gasteiger partial charge in [-0.3, -0.25) is 4.79 Å². The first-order valence-electron chi connectivity index (χ1n) is 8.68. The lowest BCUT2D eigenvalue weighted by Gasteiger charge is -2.11. The van der Waals surface area contributed by atoms with Crippen LogP contribution in [0.4, 0.5) is 5.82 Å². The smallest absolute Gasteiger partial charge is 0.249 e. The fraction of sp³-hybridized carbons (Fsp3) is 0.300. The van der Waals surface area contributed by atoms with Crippen LogP contribution in [0.5, 0.6) is 5.75 Å². The highest BCUT2D eigenvalue weighted by Crippen LogP contribution is 2.37. The molecule has 0 unspecified atom stereocenters. The topological polar surface area (TPSA) is 77.5 Å². The molecule has 1 aliphatic rings. The molecule has 0 fully saturated rings. The summed E-state index contributed by atoms with van der Waals surface area (Å²) in [7, 11) is 1.62. The van der Waals surface area contributed by atoms with Crippen LogP contribution in [0.25, 0.3) is 16.5 Å². The van der Waals surface area contributed by atoms with Gasteiger partial charge in [0.2, 0.25) is 5.91 Å². The number of allylic oxidation sites excluding steroid dienone is 1. The first kappa shape index (κ1) is 16.4. The van der Waals surface area contributed by atoms with Crippen molar-refractivity contribution in [3.8, 4) is 5.75 Å². The molecule has 1 N–H and O–H groups in total. The molecule has 26 heavy (non-hydrogen) atoms. The molecule has 134 valence electrons. The van der Waals surface area contributed by atoms with Gasteiger partial charge in [-0.15, -0.1) is 0 Å². The number of carbonyl (C=O) groups excluding carboxylic acids is 1. The minimum atomic E-state index is -0.271. The van der Waals surface area contributed by atoms with Crippen LogP contribution in [-0.4, -0.2) is 18.2 Å². The molecule has 0 aliphatic heterocycles. The molecule has 0 saturated carbocycles. The van der Waals surface area contributed by atoms with Crippen molar-refractivity contribution in [1.82, 2.24) is 5.16 Å². The van der Waals surface area contributed by atoms with Crippen LogP contribution in [-0.2, 0) is 17.6 Å². The average Bonchev–Trinajstić information content (AvgIpc) is 3.27. The number of aromatic nitrogens is 1. The number of fused-ring (bicyclic) bond motifs is 3. The van der Waals surface area contributed by atoms with Gasteiger partial charge < -0.3 is 19.0 Å². The van der Waals surface area contributed by atoms with Crippen molar-refractivity contribution in [2.75, 3.05) is 12.4 Å². The highest BCUT2D eigenvalue weighted by molar-refractivity contribution is 6.04. The zero-order valence-electron chi connectivity index (χ0n) is 14.8. The molecule has 1 aromatic carbocycles. The van der Waals surface area contributed by atoms with E-state index in [0.29, 0.717) is 11.6 Å². The number of carbonyl (C=O) groups is 1. The molecule has 0 saturated heterocycles. The van der Waals surface area contributed by atoms with Crippen molar-refractivity contribution in [3.63, 3.8) is 0 Å². The van der Waals surface area contributed by atoms with E-state index in [9.17, 15) is 4.79 Å². The van der Waals surface area contributed by atoms with Gasteiger partial charge in [-0.25, -0.2) is 0 Å². The number of nitrogens with zero attached hydrogens (tertiary/aromatic N) is 1. The minimum Gasteiger partial charge on any atom is -0.496 e. The van der Waals surface area contributed by atoms with Crippen molar-refractivity contribution in [2.24, 2.45) is 0 Å². The molecular formula is C20H20N2O4. The Hall–Kier alpha value is -3.02. The maximum absolute atomic E-state index is 12.2. The van der Waals surface area contributed by atoms with E-state index in [2.05, 4.69) is 16.5 Å². The number of anilines is 1. The monoisotopic (exact) mass is 352 g/mol. The number of methoxy groups -OCH3 is 1. The van der Waals surface area contributed by atoms with Crippen LogP contribution < -0.4 is 10.1 Å². The molecular weight excluding hydrogens is 332 g/mol. The Morgan fingerprint density at radius 1 is 1.31 bits per heavy atom. The molecule has 3 aromatic rings. The molecule has 2 heterocycles. The van der Waals surface area contributed by atoms with Gasteiger partial charge in [0, 0.05) is 41.1 Å². The van der Waals surface area contributed by atoms with Gasteiger partial charge in [-0.1, -0.05) is 5.16 Å².